The molecule has 0 fully saturated rings. The van der Waals surface area contributed by atoms with Gasteiger partial charge in [0.15, 0.2) is 0 Å². The van der Waals surface area contributed by atoms with Crippen LogP contribution in [0.25, 0.3) is 11.1 Å². The quantitative estimate of drug-likeness (QED) is 0.387. The van der Waals surface area contributed by atoms with Crippen LogP contribution in [0.5, 0.6) is 0 Å². The number of alkyl halides is 1. The summed E-state index contributed by atoms with van der Waals surface area (Å²) in [5.74, 6) is 0. The molecule has 1 atom stereocenters. The first kappa shape index (κ1) is 21.1. The summed E-state index contributed by atoms with van der Waals surface area (Å²) in [4.78, 5) is 0. The minimum absolute atomic E-state index is 0.108. The molecule has 1 unspecified atom stereocenters. The van der Waals surface area contributed by atoms with Crippen molar-refractivity contribution in [2.24, 2.45) is 5.14 Å². The number of benzene rings is 3. The average molecular weight is 426 g/mol. The molecular weight excluding hydrogens is 408 g/mol. The smallest absolute Gasteiger partial charge is 0.116 e. The molecular formula is C20H18Cl2FNS2. The van der Waals surface area contributed by atoms with Gasteiger partial charge in [-0.25, -0.2) is 4.39 Å². The zero-order chi connectivity index (χ0) is 19.1. The molecule has 136 valence electrons. The van der Waals surface area contributed by atoms with E-state index in [1.54, 1.807) is 12.1 Å². The van der Waals surface area contributed by atoms with Gasteiger partial charge in [0.1, 0.15) is 6.67 Å². The van der Waals surface area contributed by atoms with E-state index in [2.05, 4.69) is 18.0 Å². The summed E-state index contributed by atoms with van der Waals surface area (Å²) in [7, 11) is 0. The third kappa shape index (κ3) is 4.96. The second-order valence-electron chi connectivity index (χ2n) is 5.48. The third-order valence-electron chi connectivity index (χ3n) is 3.93. The maximum absolute atomic E-state index is 13.2. The van der Waals surface area contributed by atoms with Crippen LogP contribution in [0.15, 0.2) is 66.7 Å². The fourth-order valence-electron chi connectivity index (χ4n) is 2.68. The van der Waals surface area contributed by atoms with E-state index in [4.69, 9.17) is 35.8 Å². The first-order chi connectivity index (χ1) is 12.6. The molecule has 0 aromatic heterocycles. The van der Waals surface area contributed by atoms with Gasteiger partial charge in [-0.3, -0.25) is 5.14 Å². The highest BCUT2D eigenvalue weighted by Gasteiger charge is 2.16. The summed E-state index contributed by atoms with van der Waals surface area (Å²) in [6.45, 7) is -0.606. The van der Waals surface area contributed by atoms with Crippen molar-refractivity contribution in [3.8, 4) is 11.1 Å². The van der Waals surface area contributed by atoms with Gasteiger partial charge in [0.25, 0.3) is 0 Å². The van der Waals surface area contributed by atoms with Crippen molar-refractivity contribution in [1.29, 1.82) is 0 Å². The molecule has 3 rings (SSSR count). The summed E-state index contributed by atoms with van der Waals surface area (Å²) in [6.07, 6.45) is 0. The first-order valence-electron chi connectivity index (χ1n) is 7.73. The molecule has 6 heteroatoms. The monoisotopic (exact) mass is 425 g/mol. The van der Waals surface area contributed by atoms with Crippen molar-refractivity contribution >= 4 is 48.6 Å². The van der Waals surface area contributed by atoms with Crippen LogP contribution in [0.2, 0.25) is 10.0 Å². The van der Waals surface area contributed by atoms with E-state index in [9.17, 15) is 4.39 Å². The molecule has 0 saturated heterocycles. The van der Waals surface area contributed by atoms with Gasteiger partial charge in [-0.05, 0) is 46.5 Å². The Bertz CT molecular complexity index is 860. The van der Waals surface area contributed by atoms with E-state index >= 15 is 0 Å². The van der Waals surface area contributed by atoms with Gasteiger partial charge in [-0.2, -0.15) is 12.6 Å². The lowest BCUT2D eigenvalue weighted by Crippen LogP contribution is -1.97. The van der Waals surface area contributed by atoms with E-state index in [1.165, 1.54) is 0 Å². The topological polar surface area (TPSA) is 26.0 Å². The minimum atomic E-state index is -0.606. The molecule has 0 heterocycles. The van der Waals surface area contributed by atoms with Crippen LogP contribution in [0.4, 0.5) is 4.39 Å². The van der Waals surface area contributed by atoms with Gasteiger partial charge in [0.05, 0.1) is 5.25 Å². The molecule has 3 aromatic carbocycles. The van der Waals surface area contributed by atoms with Crippen molar-refractivity contribution < 1.29 is 4.39 Å². The summed E-state index contributed by atoms with van der Waals surface area (Å²) in [6, 6.07) is 21.1. The van der Waals surface area contributed by atoms with Crippen LogP contribution in [0.1, 0.15) is 21.9 Å². The Balaban J connectivity index is 0.00000117. The summed E-state index contributed by atoms with van der Waals surface area (Å²) in [5.41, 5.74) is 4.37. The minimum Gasteiger partial charge on any atom is -0.281 e. The second kappa shape index (κ2) is 10.2. The largest absolute Gasteiger partial charge is 0.281 e. The van der Waals surface area contributed by atoms with Gasteiger partial charge in [0.2, 0.25) is 0 Å². The van der Waals surface area contributed by atoms with Crippen LogP contribution < -0.4 is 5.14 Å². The molecule has 0 bridgehead atoms. The Morgan fingerprint density at radius 1 is 0.923 bits per heavy atom. The number of nitrogens with two attached hydrogens (primary N) is 1. The number of hydrogen-bond acceptors (Lipinski definition) is 3. The first-order valence-corrected chi connectivity index (χ1v) is 9.52. The highest BCUT2D eigenvalue weighted by atomic mass is 35.5. The number of rotatable bonds is 4. The van der Waals surface area contributed by atoms with E-state index in [-0.39, 0.29) is 5.25 Å². The van der Waals surface area contributed by atoms with E-state index in [1.807, 2.05) is 54.6 Å². The predicted octanol–water partition coefficient (Wildman–Crippen LogP) is 6.94. The Labute approximate surface area is 174 Å². The van der Waals surface area contributed by atoms with Gasteiger partial charge in [-0.1, -0.05) is 65.7 Å². The standard InChI is InChI=1S/C20H15Cl2FS.H3NS/c21-16-7-8-17(20(24)13-4-2-1-3-5-13)18(11-16)14-6-9-19(22)15(10-14)12-23;1-2/h1-11,20,24H,12H2;2H,1H2. The van der Waals surface area contributed by atoms with Gasteiger partial charge in [0, 0.05) is 15.6 Å². The van der Waals surface area contributed by atoms with E-state index in [0.717, 1.165) is 22.3 Å². The average Bonchev–Trinajstić information content (AvgIpc) is 2.70. The highest BCUT2D eigenvalue weighted by Crippen LogP contribution is 2.38. The van der Waals surface area contributed by atoms with Crippen LogP contribution in [-0.2, 0) is 6.67 Å². The maximum Gasteiger partial charge on any atom is 0.116 e. The Morgan fingerprint density at radius 3 is 2.27 bits per heavy atom. The normalized spacial score (nSPS) is 11.5. The predicted molar refractivity (Wildman–Crippen MR) is 117 cm³/mol. The SMILES string of the molecule is FCc1cc(-c2cc(Cl)ccc2C(S)c2ccccc2)ccc1Cl.NS. The molecule has 0 saturated carbocycles. The molecule has 1 nitrogen and oxygen atoms in total. The van der Waals surface area contributed by atoms with Crippen LogP contribution in [-0.4, -0.2) is 0 Å². The highest BCUT2D eigenvalue weighted by molar-refractivity contribution is 7.80. The molecule has 2 N–H and O–H groups in total. The van der Waals surface area contributed by atoms with E-state index < -0.39 is 6.67 Å². The Kier molecular flexibility index (Phi) is 8.32. The van der Waals surface area contributed by atoms with Crippen LogP contribution >= 0.6 is 48.6 Å². The number of thiol groups is 2. The summed E-state index contributed by atoms with van der Waals surface area (Å²) in [5, 5.41) is 5.14. The maximum atomic E-state index is 13.2. The summed E-state index contributed by atoms with van der Waals surface area (Å²) < 4.78 is 13.2. The lowest BCUT2D eigenvalue weighted by atomic mass is 9.93. The molecule has 3 aromatic rings. The van der Waals surface area contributed by atoms with Gasteiger partial charge >= 0.3 is 0 Å². The van der Waals surface area contributed by atoms with E-state index in [0.29, 0.717) is 15.6 Å². The zero-order valence-electron chi connectivity index (χ0n) is 13.7. The number of halogens is 3. The fourth-order valence-corrected chi connectivity index (χ4v) is 3.41. The van der Waals surface area contributed by atoms with Crippen LogP contribution in [0.3, 0.4) is 0 Å². The van der Waals surface area contributed by atoms with Crippen molar-refractivity contribution in [1.82, 2.24) is 0 Å². The molecule has 0 aliphatic carbocycles. The van der Waals surface area contributed by atoms with Crippen molar-refractivity contribution in [3.05, 3.63) is 93.5 Å². The number of hydrogen-bond donors (Lipinski definition) is 3. The molecule has 0 aliphatic heterocycles. The van der Waals surface area contributed by atoms with Crippen molar-refractivity contribution in [3.63, 3.8) is 0 Å². The zero-order valence-corrected chi connectivity index (χ0v) is 17.0. The van der Waals surface area contributed by atoms with Gasteiger partial charge < -0.3 is 0 Å². The molecule has 0 amide bonds. The molecule has 0 spiro atoms. The van der Waals surface area contributed by atoms with Crippen molar-refractivity contribution in [2.45, 2.75) is 11.9 Å². The second-order valence-corrected chi connectivity index (χ2v) is 6.84. The Hall–Kier alpha value is -1.17. The fraction of sp³-hybridized carbons (Fsp3) is 0.100. The summed E-state index contributed by atoms with van der Waals surface area (Å²) >= 11 is 20.0. The molecule has 0 aliphatic rings. The van der Waals surface area contributed by atoms with Crippen LogP contribution in [0, 0.1) is 0 Å². The van der Waals surface area contributed by atoms with Crippen molar-refractivity contribution in [2.75, 3.05) is 0 Å². The van der Waals surface area contributed by atoms with Gasteiger partial charge in [-0.15, -0.1) is 12.8 Å². The lowest BCUT2D eigenvalue weighted by molar-refractivity contribution is 0.485. The molecule has 0 radical (unpaired) electrons. The molecule has 26 heavy (non-hydrogen) atoms. The third-order valence-corrected chi connectivity index (χ3v) is 5.11. The Morgan fingerprint density at radius 2 is 1.62 bits per heavy atom. The lowest BCUT2D eigenvalue weighted by Gasteiger charge is -2.18.